The van der Waals surface area contributed by atoms with Crippen LogP contribution in [0.1, 0.15) is 5.69 Å². The van der Waals surface area contributed by atoms with Crippen molar-refractivity contribution in [1.82, 2.24) is 15.2 Å². The zero-order chi connectivity index (χ0) is 22.5. The van der Waals surface area contributed by atoms with Crippen LogP contribution >= 0.6 is 34.5 Å². The number of piperazine rings is 1. The van der Waals surface area contributed by atoms with Crippen molar-refractivity contribution in [2.24, 2.45) is 0 Å². The number of carbonyl (C=O) groups excluding carboxylic acids is 2. The van der Waals surface area contributed by atoms with Gasteiger partial charge in [0.1, 0.15) is 5.01 Å². The van der Waals surface area contributed by atoms with Crippen molar-refractivity contribution in [1.29, 1.82) is 0 Å². The van der Waals surface area contributed by atoms with Crippen LogP contribution in [0.2, 0.25) is 10.0 Å². The molecular weight excluding hydrogens is 467 g/mol. The molecule has 0 bridgehead atoms. The van der Waals surface area contributed by atoms with Crippen LogP contribution in [-0.4, -0.2) is 54.4 Å². The Bertz CT molecular complexity index is 1110. The molecule has 1 aliphatic rings. The summed E-state index contributed by atoms with van der Waals surface area (Å²) in [5.74, 6) is -0.314. The summed E-state index contributed by atoms with van der Waals surface area (Å²) in [6.07, 6.45) is 0.122. The Kier molecular flexibility index (Phi) is 7.29. The maximum atomic E-state index is 12.5. The highest BCUT2D eigenvalue weighted by molar-refractivity contribution is 7.13. The molecule has 0 spiro atoms. The van der Waals surface area contributed by atoms with Crippen LogP contribution in [0.5, 0.6) is 0 Å². The number of hydrogen-bond acceptors (Lipinski definition) is 5. The van der Waals surface area contributed by atoms with Crippen molar-refractivity contribution in [3.05, 3.63) is 69.7 Å². The number of aromatic nitrogens is 1. The third-order valence-corrected chi connectivity index (χ3v) is 6.73. The van der Waals surface area contributed by atoms with Gasteiger partial charge in [0.15, 0.2) is 0 Å². The van der Waals surface area contributed by atoms with Crippen LogP contribution in [0.15, 0.2) is 53.9 Å². The van der Waals surface area contributed by atoms with Gasteiger partial charge in [0.05, 0.1) is 23.7 Å². The number of nitrogens with one attached hydrogen (secondary N) is 1. The number of halogens is 2. The number of thiazole rings is 1. The van der Waals surface area contributed by atoms with Gasteiger partial charge in [0, 0.05) is 47.8 Å². The van der Waals surface area contributed by atoms with Gasteiger partial charge in [-0.2, -0.15) is 0 Å². The fourth-order valence-corrected chi connectivity index (χ4v) is 4.87. The first-order valence-corrected chi connectivity index (χ1v) is 11.9. The van der Waals surface area contributed by atoms with E-state index in [0.29, 0.717) is 28.8 Å². The van der Waals surface area contributed by atoms with Crippen molar-refractivity contribution < 1.29 is 9.59 Å². The number of rotatable bonds is 6. The first-order chi connectivity index (χ1) is 15.5. The van der Waals surface area contributed by atoms with E-state index < -0.39 is 0 Å². The highest BCUT2D eigenvalue weighted by Crippen LogP contribution is 2.30. The zero-order valence-electron chi connectivity index (χ0n) is 17.3. The Hall–Kier alpha value is -2.61. The molecule has 6 nitrogen and oxygen atoms in total. The number of carbonyl (C=O) groups is 2. The molecule has 1 aromatic heterocycles. The molecule has 1 aliphatic heterocycles. The van der Waals surface area contributed by atoms with Crippen molar-refractivity contribution in [2.75, 3.05) is 37.6 Å². The Morgan fingerprint density at radius 3 is 2.56 bits per heavy atom. The second-order valence-corrected chi connectivity index (χ2v) is 9.13. The zero-order valence-corrected chi connectivity index (χ0v) is 19.6. The van der Waals surface area contributed by atoms with E-state index in [1.165, 1.54) is 11.3 Å². The smallest absolute Gasteiger partial charge is 0.242 e. The van der Waals surface area contributed by atoms with Crippen molar-refractivity contribution >= 4 is 52.0 Å². The lowest BCUT2D eigenvalue weighted by Crippen LogP contribution is -2.51. The third kappa shape index (κ3) is 5.59. The van der Waals surface area contributed by atoms with Gasteiger partial charge in [-0.1, -0.05) is 47.5 Å². The van der Waals surface area contributed by atoms with Gasteiger partial charge in [0.2, 0.25) is 11.8 Å². The van der Waals surface area contributed by atoms with E-state index in [2.05, 4.69) is 15.2 Å². The Morgan fingerprint density at radius 2 is 1.81 bits per heavy atom. The molecule has 0 unspecified atom stereocenters. The number of nitrogens with zero attached hydrogens (tertiary/aromatic N) is 3. The molecule has 32 heavy (non-hydrogen) atoms. The molecule has 3 aromatic rings. The lowest BCUT2D eigenvalue weighted by Gasteiger charge is -2.36. The Balaban J connectivity index is 1.23. The van der Waals surface area contributed by atoms with E-state index in [0.717, 1.165) is 29.3 Å². The maximum absolute atomic E-state index is 12.5. The monoisotopic (exact) mass is 488 g/mol. The summed E-state index contributed by atoms with van der Waals surface area (Å²) in [5.41, 5.74) is 2.56. The molecule has 1 N–H and O–H groups in total. The second-order valence-electron chi connectivity index (χ2n) is 7.43. The van der Waals surface area contributed by atoms with Crippen molar-refractivity contribution in [3.8, 4) is 10.6 Å². The fourth-order valence-electron chi connectivity index (χ4n) is 3.55. The van der Waals surface area contributed by atoms with Gasteiger partial charge in [-0.25, -0.2) is 4.98 Å². The summed E-state index contributed by atoms with van der Waals surface area (Å²) < 4.78 is 0. The van der Waals surface area contributed by atoms with Gasteiger partial charge in [-0.05, 0) is 24.3 Å². The Labute approximate surface area is 200 Å². The van der Waals surface area contributed by atoms with E-state index >= 15 is 0 Å². The summed E-state index contributed by atoms with van der Waals surface area (Å²) in [5, 5.41) is 6.65. The van der Waals surface area contributed by atoms with E-state index in [1.54, 1.807) is 4.90 Å². The standard InChI is InChI=1S/C23H22Cl2N4O2S/c24-16-4-3-5-18(12-16)28-8-10-29(11-9-28)22(31)14-26-21(30)13-17-15-32-23(27-17)19-6-1-2-7-20(19)25/h1-7,12,15H,8-11,13-14H2,(H,26,30). The molecule has 0 saturated carbocycles. The van der Waals surface area contributed by atoms with Crippen molar-refractivity contribution in [2.45, 2.75) is 6.42 Å². The topological polar surface area (TPSA) is 65.5 Å². The summed E-state index contributed by atoms with van der Waals surface area (Å²) in [6.45, 7) is 2.65. The molecule has 0 aliphatic carbocycles. The largest absolute Gasteiger partial charge is 0.368 e. The van der Waals surface area contributed by atoms with Gasteiger partial charge >= 0.3 is 0 Å². The van der Waals surface area contributed by atoms with Gasteiger partial charge in [-0.3, -0.25) is 9.59 Å². The molecule has 9 heteroatoms. The quantitative estimate of drug-likeness (QED) is 0.566. The lowest BCUT2D eigenvalue weighted by atomic mass is 10.2. The second kappa shape index (κ2) is 10.3. The van der Waals surface area contributed by atoms with E-state index in [4.69, 9.17) is 23.2 Å². The third-order valence-electron chi connectivity index (χ3n) is 5.24. The fraction of sp³-hybridized carbons (Fsp3) is 0.261. The number of benzene rings is 2. The Morgan fingerprint density at radius 1 is 1.03 bits per heavy atom. The summed E-state index contributed by atoms with van der Waals surface area (Å²) in [7, 11) is 0. The molecule has 0 atom stereocenters. The molecule has 2 amide bonds. The average Bonchev–Trinajstić information content (AvgIpc) is 3.26. The summed E-state index contributed by atoms with van der Waals surface area (Å²) in [4.78, 5) is 33.3. The molecular formula is C23H22Cl2N4O2S. The average molecular weight is 489 g/mol. The SMILES string of the molecule is O=C(Cc1csc(-c2ccccc2Cl)n1)NCC(=O)N1CCN(c2cccc(Cl)c2)CC1. The molecule has 2 aromatic carbocycles. The number of amides is 2. The summed E-state index contributed by atoms with van der Waals surface area (Å²) >= 11 is 13.7. The highest BCUT2D eigenvalue weighted by atomic mass is 35.5. The van der Waals surface area contributed by atoms with Crippen LogP contribution in [0, 0.1) is 0 Å². The minimum atomic E-state index is -0.230. The van der Waals surface area contributed by atoms with Crippen molar-refractivity contribution in [3.63, 3.8) is 0 Å². The number of hydrogen-bond donors (Lipinski definition) is 1. The van der Waals surface area contributed by atoms with Gasteiger partial charge in [-0.15, -0.1) is 11.3 Å². The highest BCUT2D eigenvalue weighted by Gasteiger charge is 2.22. The first kappa shape index (κ1) is 22.6. The van der Waals surface area contributed by atoms with E-state index in [-0.39, 0.29) is 24.8 Å². The van der Waals surface area contributed by atoms with Gasteiger partial charge < -0.3 is 15.1 Å². The number of anilines is 1. The first-order valence-electron chi connectivity index (χ1n) is 10.2. The van der Waals surface area contributed by atoms with Crippen LogP contribution in [-0.2, 0) is 16.0 Å². The van der Waals surface area contributed by atoms with Gasteiger partial charge in [0.25, 0.3) is 0 Å². The molecule has 0 radical (unpaired) electrons. The minimum absolute atomic E-state index is 0.0164. The van der Waals surface area contributed by atoms with Crippen LogP contribution in [0.25, 0.3) is 10.6 Å². The molecule has 1 fully saturated rings. The van der Waals surface area contributed by atoms with Crippen LogP contribution in [0.4, 0.5) is 5.69 Å². The maximum Gasteiger partial charge on any atom is 0.242 e. The van der Waals surface area contributed by atoms with Crippen LogP contribution < -0.4 is 10.2 Å². The van der Waals surface area contributed by atoms with Crippen LogP contribution in [0.3, 0.4) is 0 Å². The molecule has 166 valence electrons. The minimum Gasteiger partial charge on any atom is -0.368 e. The summed E-state index contributed by atoms with van der Waals surface area (Å²) in [6, 6.07) is 15.2. The lowest BCUT2D eigenvalue weighted by molar-refractivity contribution is -0.133. The predicted octanol–water partition coefficient (Wildman–Crippen LogP) is 4.12. The normalized spacial score (nSPS) is 13.8. The van der Waals surface area contributed by atoms with E-state index in [1.807, 2.05) is 53.9 Å². The molecule has 1 saturated heterocycles. The van der Waals surface area contributed by atoms with E-state index in [9.17, 15) is 9.59 Å². The predicted molar refractivity (Wildman–Crippen MR) is 130 cm³/mol. The molecule has 2 heterocycles. The molecule has 4 rings (SSSR count).